The summed E-state index contributed by atoms with van der Waals surface area (Å²) in [7, 11) is 3.20. The van der Waals surface area contributed by atoms with E-state index in [1.165, 1.54) is 22.7 Å². The number of aromatic nitrogens is 2. The molecule has 3 heterocycles. The number of amides is 1. The van der Waals surface area contributed by atoms with Gasteiger partial charge in [-0.05, 0) is 43.3 Å². The summed E-state index contributed by atoms with van der Waals surface area (Å²) in [6.45, 7) is 2.55. The molecule has 43 heavy (non-hydrogen) atoms. The number of nitrogens with zero attached hydrogens (tertiary/aromatic N) is 2. The van der Waals surface area contributed by atoms with E-state index in [2.05, 4.69) is 10.3 Å². The summed E-state index contributed by atoms with van der Waals surface area (Å²) in [4.78, 5) is 24.1. The largest absolute Gasteiger partial charge is 0.494 e. The van der Waals surface area contributed by atoms with Crippen LogP contribution in [0.25, 0.3) is 43.9 Å². The number of thiophene rings is 1. The molecule has 216 valence electrons. The summed E-state index contributed by atoms with van der Waals surface area (Å²) in [5.41, 5.74) is 12.0. The van der Waals surface area contributed by atoms with E-state index in [9.17, 15) is 4.79 Å². The topological polar surface area (TPSA) is 109 Å². The SMILES string of the molecule is CCOc1ccc(-c2csc(NC(=O)c3sc4nc(-c5ccccc5)cc(-c5cccc(OC)c5OC)c4c3N)n2)cc1. The molecule has 10 heteroatoms. The van der Waals surface area contributed by atoms with Gasteiger partial charge in [-0.2, -0.15) is 0 Å². The third-order valence-electron chi connectivity index (χ3n) is 6.85. The molecule has 0 atom stereocenters. The van der Waals surface area contributed by atoms with Gasteiger partial charge in [0.2, 0.25) is 0 Å². The Labute approximate surface area is 256 Å². The van der Waals surface area contributed by atoms with Crippen LogP contribution in [0, 0.1) is 0 Å². The Hall–Kier alpha value is -4.93. The van der Waals surface area contributed by atoms with Gasteiger partial charge in [0.25, 0.3) is 5.91 Å². The minimum atomic E-state index is -0.349. The number of carbonyl (C=O) groups excluding carboxylic acids is 1. The fraction of sp³-hybridized carbons (Fsp3) is 0.121. The number of para-hydroxylation sites is 1. The summed E-state index contributed by atoms with van der Waals surface area (Å²) >= 11 is 2.59. The van der Waals surface area contributed by atoms with E-state index in [4.69, 9.17) is 24.9 Å². The maximum Gasteiger partial charge on any atom is 0.269 e. The second-order valence-corrected chi connectivity index (χ2v) is 11.3. The molecular weight excluding hydrogens is 581 g/mol. The lowest BCUT2D eigenvalue weighted by Gasteiger charge is -2.15. The predicted molar refractivity (Wildman–Crippen MR) is 175 cm³/mol. The van der Waals surface area contributed by atoms with Gasteiger partial charge in [0.05, 0.1) is 37.9 Å². The molecule has 0 aliphatic rings. The number of nitrogen functional groups attached to an aromatic ring is 1. The number of benzene rings is 3. The van der Waals surface area contributed by atoms with Crippen LogP contribution in [0.1, 0.15) is 16.6 Å². The highest BCUT2D eigenvalue weighted by molar-refractivity contribution is 7.21. The fourth-order valence-corrected chi connectivity index (χ4v) is 6.59. The molecule has 8 nitrogen and oxygen atoms in total. The fourth-order valence-electron chi connectivity index (χ4n) is 4.86. The number of anilines is 2. The summed E-state index contributed by atoms with van der Waals surface area (Å²) in [6, 6.07) is 25.2. The van der Waals surface area contributed by atoms with Crippen LogP contribution in [0.5, 0.6) is 17.2 Å². The van der Waals surface area contributed by atoms with Gasteiger partial charge in [-0.15, -0.1) is 22.7 Å². The normalized spacial score (nSPS) is 11.0. The van der Waals surface area contributed by atoms with E-state index in [1.54, 1.807) is 14.2 Å². The van der Waals surface area contributed by atoms with Crippen molar-refractivity contribution < 1.29 is 19.0 Å². The van der Waals surface area contributed by atoms with Gasteiger partial charge in [-0.25, -0.2) is 9.97 Å². The lowest BCUT2D eigenvalue weighted by Crippen LogP contribution is -2.11. The Bertz CT molecular complexity index is 1920. The molecule has 0 radical (unpaired) electrons. The lowest BCUT2D eigenvalue weighted by molar-refractivity contribution is 0.103. The summed E-state index contributed by atoms with van der Waals surface area (Å²) in [5.74, 6) is 1.60. The number of pyridine rings is 1. The van der Waals surface area contributed by atoms with Crippen molar-refractivity contribution in [3.8, 4) is 50.9 Å². The minimum absolute atomic E-state index is 0.341. The smallest absolute Gasteiger partial charge is 0.269 e. The van der Waals surface area contributed by atoms with Crippen molar-refractivity contribution in [1.82, 2.24) is 9.97 Å². The molecule has 3 aromatic heterocycles. The van der Waals surface area contributed by atoms with Gasteiger partial charge in [0.15, 0.2) is 16.6 Å². The standard InChI is InChI=1S/C33H28N4O4S2/c1-4-41-21-15-13-20(14-16-21)25-18-42-33(36-25)37-31(38)30-28(34)27-23(22-11-8-12-26(39-2)29(22)40-3)17-24(35-32(27)43-30)19-9-6-5-7-10-19/h5-18H,4,34H2,1-3H3,(H,36,37,38). The molecule has 3 N–H and O–H groups in total. The van der Waals surface area contributed by atoms with Crippen LogP contribution < -0.4 is 25.3 Å². The van der Waals surface area contributed by atoms with Crippen molar-refractivity contribution in [3.63, 3.8) is 0 Å². The van der Waals surface area contributed by atoms with Gasteiger partial charge in [0, 0.05) is 33.0 Å². The maximum atomic E-state index is 13.6. The van der Waals surface area contributed by atoms with Crippen LogP contribution in [0.2, 0.25) is 0 Å². The van der Waals surface area contributed by atoms with E-state index in [0.29, 0.717) is 44.0 Å². The number of hydrogen-bond donors (Lipinski definition) is 2. The summed E-state index contributed by atoms with van der Waals surface area (Å²) < 4.78 is 16.9. The molecule has 0 aliphatic heterocycles. The zero-order valence-electron chi connectivity index (χ0n) is 23.7. The van der Waals surface area contributed by atoms with Gasteiger partial charge in [0.1, 0.15) is 15.5 Å². The highest BCUT2D eigenvalue weighted by Crippen LogP contribution is 2.46. The average Bonchev–Trinajstić information content (AvgIpc) is 3.65. The number of fused-ring (bicyclic) bond motifs is 1. The van der Waals surface area contributed by atoms with Crippen molar-refractivity contribution in [3.05, 3.63) is 89.1 Å². The number of nitrogens with one attached hydrogen (secondary N) is 1. The molecular formula is C33H28N4O4S2. The predicted octanol–water partition coefficient (Wildman–Crippen LogP) is 8.00. The van der Waals surface area contributed by atoms with E-state index in [-0.39, 0.29) is 5.91 Å². The third kappa shape index (κ3) is 5.50. The van der Waals surface area contributed by atoms with E-state index in [1.807, 2.05) is 91.2 Å². The lowest BCUT2D eigenvalue weighted by atomic mass is 9.98. The summed E-state index contributed by atoms with van der Waals surface area (Å²) in [5, 5.41) is 5.98. The molecule has 0 saturated carbocycles. The molecule has 6 rings (SSSR count). The van der Waals surface area contributed by atoms with Crippen molar-refractivity contribution in [1.29, 1.82) is 0 Å². The van der Waals surface area contributed by atoms with E-state index in [0.717, 1.165) is 39.4 Å². The van der Waals surface area contributed by atoms with Crippen LogP contribution in [0.4, 0.5) is 10.8 Å². The number of ether oxygens (including phenoxy) is 3. The Kier molecular flexibility index (Phi) is 7.95. The molecule has 0 aliphatic carbocycles. The van der Waals surface area contributed by atoms with Crippen molar-refractivity contribution in [2.45, 2.75) is 6.92 Å². The van der Waals surface area contributed by atoms with Gasteiger partial charge in [-0.1, -0.05) is 42.5 Å². The second-order valence-electron chi connectivity index (χ2n) is 9.44. The number of thiazole rings is 1. The second kappa shape index (κ2) is 12.1. The molecule has 3 aromatic carbocycles. The zero-order valence-corrected chi connectivity index (χ0v) is 25.3. The molecule has 0 spiro atoms. The number of methoxy groups -OCH3 is 2. The van der Waals surface area contributed by atoms with Crippen LogP contribution in [0.15, 0.2) is 84.2 Å². The molecule has 0 bridgehead atoms. The Morgan fingerprint density at radius 2 is 1.65 bits per heavy atom. The molecule has 0 unspecified atom stereocenters. The van der Waals surface area contributed by atoms with Crippen molar-refractivity contribution in [2.24, 2.45) is 0 Å². The first-order chi connectivity index (χ1) is 21.0. The van der Waals surface area contributed by atoms with E-state index < -0.39 is 0 Å². The number of rotatable bonds is 9. The highest BCUT2D eigenvalue weighted by atomic mass is 32.1. The van der Waals surface area contributed by atoms with Crippen LogP contribution >= 0.6 is 22.7 Å². The first-order valence-electron chi connectivity index (χ1n) is 13.5. The van der Waals surface area contributed by atoms with Gasteiger partial charge >= 0.3 is 0 Å². The molecule has 0 saturated heterocycles. The van der Waals surface area contributed by atoms with Crippen LogP contribution in [-0.4, -0.2) is 36.7 Å². The number of carbonyl (C=O) groups is 1. The molecule has 0 fully saturated rings. The van der Waals surface area contributed by atoms with Gasteiger partial charge < -0.3 is 19.9 Å². The quantitative estimate of drug-likeness (QED) is 0.171. The number of nitrogens with two attached hydrogens (primary N) is 1. The molecule has 6 aromatic rings. The van der Waals surface area contributed by atoms with Crippen LogP contribution in [0.3, 0.4) is 0 Å². The maximum absolute atomic E-state index is 13.6. The zero-order chi connectivity index (χ0) is 29.9. The first kappa shape index (κ1) is 28.2. The van der Waals surface area contributed by atoms with Crippen molar-refractivity contribution in [2.75, 3.05) is 31.9 Å². The van der Waals surface area contributed by atoms with Crippen LogP contribution in [-0.2, 0) is 0 Å². The first-order valence-corrected chi connectivity index (χ1v) is 15.2. The minimum Gasteiger partial charge on any atom is -0.494 e. The Morgan fingerprint density at radius 1 is 0.884 bits per heavy atom. The van der Waals surface area contributed by atoms with E-state index >= 15 is 0 Å². The monoisotopic (exact) mass is 608 g/mol. The summed E-state index contributed by atoms with van der Waals surface area (Å²) in [6.07, 6.45) is 0. The average molecular weight is 609 g/mol. The molecule has 1 amide bonds. The van der Waals surface area contributed by atoms with Gasteiger partial charge in [-0.3, -0.25) is 10.1 Å². The Morgan fingerprint density at radius 3 is 2.37 bits per heavy atom. The highest BCUT2D eigenvalue weighted by Gasteiger charge is 2.24. The third-order valence-corrected chi connectivity index (χ3v) is 8.71. The Balaban J connectivity index is 1.40. The van der Waals surface area contributed by atoms with Crippen molar-refractivity contribution >= 4 is 49.6 Å². The number of hydrogen-bond acceptors (Lipinski definition) is 9.